The van der Waals surface area contributed by atoms with E-state index in [4.69, 9.17) is 0 Å². The van der Waals surface area contributed by atoms with E-state index in [9.17, 15) is 13.5 Å². The zero-order chi connectivity index (χ0) is 8.82. The van der Waals surface area contributed by atoms with Crippen molar-refractivity contribution >= 4 is 9.84 Å². The minimum atomic E-state index is -2.84. The third-order valence-corrected chi connectivity index (χ3v) is 5.14. The van der Waals surface area contributed by atoms with Crippen molar-refractivity contribution in [3.05, 3.63) is 0 Å². The number of aliphatic hydroxyl groups is 1. The van der Waals surface area contributed by atoms with Gasteiger partial charge in [0.1, 0.15) is 0 Å². The van der Waals surface area contributed by atoms with Crippen LogP contribution in [-0.4, -0.2) is 31.1 Å². The molecule has 0 aromatic heterocycles. The number of hydrogen-bond donors (Lipinski definition) is 1. The topological polar surface area (TPSA) is 54.4 Å². The SMILES string of the molecule is O=S1(=O)CCC(O)C2(CCC2)C1. The van der Waals surface area contributed by atoms with Crippen LogP contribution in [0.4, 0.5) is 0 Å². The predicted molar refractivity (Wildman–Crippen MR) is 45.6 cm³/mol. The average molecular weight is 190 g/mol. The van der Waals surface area contributed by atoms with E-state index in [-0.39, 0.29) is 23.0 Å². The second-order valence-electron chi connectivity index (χ2n) is 4.11. The van der Waals surface area contributed by atoms with Crippen LogP contribution < -0.4 is 0 Å². The highest BCUT2D eigenvalue weighted by Crippen LogP contribution is 2.48. The third-order valence-electron chi connectivity index (χ3n) is 3.27. The van der Waals surface area contributed by atoms with Gasteiger partial charge in [-0.1, -0.05) is 6.42 Å². The van der Waals surface area contributed by atoms with Gasteiger partial charge in [0, 0.05) is 5.41 Å². The van der Waals surface area contributed by atoms with Crippen LogP contribution in [0, 0.1) is 5.41 Å². The summed E-state index contributed by atoms with van der Waals surface area (Å²) in [4.78, 5) is 0. The van der Waals surface area contributed by atoms with E-state index in [0.717, 1.165) is 19.3 Å². The summed E-state index contributed by atoms with van der Waals surface area (Å²) < 4.78 is 22.6. The Morgan fingerprint density at radius 3 is 2.42 bits per heavy atom. The van der Waals surface area contributed by atoms with Crippen LogP contribution in [0.25, 0.3) is 0 Å². The van der Waals surface area contributed by atoms with Crippen molar-refractivity contribution in [1.29, 1.82) is 0 Å². The second kappa shape index (κ2) is 2.45. The minimum Gasteiger partial charge on any atom is -0.392 e. The summed E-state index contributed by atoms with van der Waals surface area (Å²) >= 11 is 0. The largest absolute Gasteiger partial charge is 0.392 e. The van der Waals surface area contributed by atoms with Crippen molar-refractivity contribution in [2.75, 3.05) is 11.5 Å². The van der Waals surface area contributed by atoms with Gasteiger partial charge in [-0.05, 0) is 19.3 Å². The molecule has 0 bridgehead atoms. The number of hydrogen-bond acceptors (Lipinski definition) is 3. The highest BCUT2D eigenvalue weighted by Gasteiger charge is 2.49. The zero-order valence-electron chi connectivity index (χ0n) is 6.99. The maximum atomic E-state index is 11.3. The first-order valence-electron chi connectivity index (χ1n) is 4.43. The summed E-state index contributed by atoms with van der Waals surface area (Å²) in [5.41, 5.74) is -0.239. The van der Waals surface area contributed by atoms with Crippen molar-refractivity contribution in [1.82, 2.24) is 0 Å². The summed E-state index contributed by atoms with van der Waals surface area (Å²) in [5.74, 6) is 0.400. The highest BCUT2D eigenvalue weighted by atomic mass is 32.2. The molecule has 4 heteroatoms. The fourth-order valence-corrected chi connectivity index (χ4v) is 4.40. The van der Waals surface area contributed by atoms with E-state index in [2.05, 4.69) is 0 Å². The van der Waals surface area contributed by atoms with Crippen LogP contribution in [-0.2, 0) is 9.84 Å². The molecular weight excluding hydrogens is 176 g/mol. The monoisotopic (exact) mass is 190 g/mol. The van der Waals surface area contributed by atoms with Gasteiger partial charge in [0.05, 0.1) is 17.6 Å². The van der Waals surface area contributed by atoms with E-state index in [1.54, 1.807) is 0 Å². The normalized spacial score (nSPS) is 37.6. The van der Waals surface area contributed by atoms with Crippen molar-refractivity contribution < 1.29 is 13.5 Å². The molecule has 0 aromatic carbocycles. The van der Waals surface area contributed by atoms with Gasteiger partial charge in [0.2, 0.25) is 0 Å². The van der Waals surface area contributed by atoms with Gasteiger partial charge >= 0.3 is 0 Å². The first kappa shape index (κ1) is 8.51. The molecule has 1 heterocycles. The second-order valence-corrected chi connectivity index (χ2v) is 6.30. The number of aliphatic hydroxyl groups excluding tert-OH is 1. The van der Waals surface area contributed by atoms with Crippen molar-refractivity contribution in [2.45, 2.75) is 31.8 Å². The lowest BCUT2D eigenvalue weighted by Crippen LogP contribution is -2.51. The van der Waals surface area contributed by atoms with Crippen LogP contribution in [0.15, 0.2) is 0 Å². The van der Waals surface area contributed by atoms with Crippen molar-refractivity contribution in [3.63, 3.8) is 0 Å². The predicted octanol–water partition coefficient (Wildman–Crippen LogP) is 0.336. The number of rotatable bonds is 0. The number of sulfone groups is 1. The van der Waals surface area contributed by atoms with E-state index < -0.39 is 9.84 Å². The molecule has 0 radical (unpaired) electrons. The molecule has 1 unspecified atom stereocenters. The Morgan fingerprint density at radius 2 is 2.00 bits per heavy atom. The minimum absolute atomic E-state index is 0.177. The Morgan fingerprint density at radius 1 is 1.33 bits per heavy atom. The van der Waals surface area contributed by atoms with Crippen LogP contribution in [0.1, 0.15) is 25.7 Å². The molecule has 0 aromatic rings. The van der Waals surface area contributed by atoms with E-state index in [0.29, 0.717) is 6.42 Å². The fourth-order valence-electron chi connectivity index (χ4n) is 2.31. The quantitative estimate of drug-likeness (QED) is 0.599. The molecule has 1 N–H and O–H groups in total. The summed E-state index contributed by atoms with van der Waals surface area (Å²) in [6.45, 7) is 0. The van der Waals surface area contributed by atoms with Crippen LogP contribution in [0.5, 0.6) is 0 Å². The molecule has 1 aliphatic heterocycles. The lowest BCUT2D eigenvalue weighted by Gasteiger charge is -2.47. The molecule has 1 aliphatic carbocycles. The van der Waals surface area contributed by atoms with Gasteiger partial charge in [0.25, 0.3) is 0 Å². The Hall–Kier alpha value is -0.0900. The molecule has 1 saturated heterocycles. The molecule has 2 fully saturated rings. The Kier molecular flexibility index (Phi) is 1.74. The standard InChI is InChI=1S/C8H14O3S/c9-7-2-5-12(10,11)6-8(7)3-1-4-8/h7,9H,1-6H2. The molecule has 3 nitrogen and oxygen atoms in total. The van der Waals surface area contributed by atoms with Crippen LogP contribution in [0.3, 0.4) is 0 Å². The molecular formula is C8H14O3S. The smallest absolute Gasteiger partial charge is 0.151 e. The van der Waals surface area contributed by atoms with Crippen LogP contribution >= 0.6 is 0 Å². The van der Waals surface area contributed by atoms with E-state index in [1.807, 2.05) is 0 Å². The van der Waals surface area contributed by atoms with Crippen molar-refractivity contribution in [3.8, 4) is 0 Å². The summed E-state index contributed by atoms with van der Waals surface area (Å²) in [6.07, 6.45) is 2.95. The molecule has 1 saturated carbocycles. The fraction of sp³-hybridized carbons (Fsp3) is 1.00. The maximum Gasteiger partial charge on any atom is 0.151 e. The molecule has 70 valence electrons. The summed E-state index contributed by atoms with van der Waals surface area (Å²) in [7, 11) is -2.84. The average Bonchev–Trinajstić information content (AvgIpc) is 1.91. The van der Waals surface area contributed by atoms with Gasteiger partial charge in [-0.15, -0.1) is 0 Å². The Labute approximate surface area is 72.7 Å². The van der Waals surface area contributed by atoms with E-state index >= 15 is 0 Å². The van der Waals surface area contributed by atoms with Crippen LogP contribution in [0.2, 0.25) is 0 Å². The lowest BCUT2D eigenvalue weighted by molar-refractivity contribution is -0.0233. The molecule has 1 atom stereocenters. The van der Waals surface area contributed by atoms with Gasteiger partial charge in [-0.25, -0.2) is 8.42 Å². The molecule has 1 spiro atoms. The third kappa shape index (κ3) is 1.17. The highest BCUT2D eigenvalue weighted by molar-refractivity contribution is 7.91. The first-order chi connectivity index (χ1) is 5.54. The van der Waals surface area contributed by atoms with Gasteiger partial charge in [0.15, 0.2) is 9.84 Å². The van der Waals surface area contributed by atoms with Gasteiger partial charge in [-0.2, -0.15) is 0 Å². The summed E-state index contributed by atoms with van der Waals surface area (Å²) in [6, 6.07) is 0. The van der Waals surface area contributed by atoms with Gasteiger partial charge in [-0.3, -0.25) is 0 Å². The summed E-state index contributed by atoms with van der Waals surface area (Å²) in [5, 5.41) is 9.65. The maximum absolute atomic E-state index is 11.3. The lowest BCUT2D eigenvalue weighted by atomic mass is 9.65. The van der Waals surface area contributed by atoms with Gasteiger partial charge < -0.3 is 5.11 Å². The zero-order valence-corrected chi connectivity index (χ0v) is 7.81. The molecule has 0 amide bonds. The molecule has 2 rings (SSSR count). The van der Waals surface area contributed by atoms with Crippen molar-refractivity contribution in [2.24, 2.45) is 5.41 Å². The molecule has 12 heavy (non-hydrogen) atoms. The molecule has 2 aliphatic rings. The Bertz CT molecular complexity index is 277. The Balaban J connectivity index is 2.21. The van der Waals surface area contributed by atoms with E-state index in [1.165, 1.54) is 0 Å². The first-order valence-corrected chi connectivity index (χ1v) is 6.25.